The molecule has 0 aliphatic carbocycles. The Labute approximate surface area is 113 Å². The number of aromatic nitrogens is 2. The molecule has 96 valence electrons. The number of rotatable bonds is 3. The van der Waals surface area contributed by atoms with E-state index in [9.17, 15) is 8.42 Å². The van der Waals surface area contributed by atoms with Crippen LogP contribution >= 0.6 is 22.9 Å². The molecular weight excluding hydrogens is 296 g/mol. The van der Waals surface area contributed by atoms with Gasteiger partial charge in [-0.25, -0.2) is 18.4 Å². The van der Waals surface area contributed by atoms with Crippen LogP contribution in [-0.2, 0) is 10.0 Å². The fourth-order valence-electron chi connectivity index (χ4n) is 1.29. The van der Waals surface area contributed by atoms with E-state index in [1.54, 1.807) is 19.1 Å². The number of nitrogen functional groups attached to an aromatic ring is 1. The van der Waals surface area contributed by atoms with Crippen LogP contribution in [-0.4, -0.2) is 18.4 Å². The van der Waals surface area contributed by atoms with E-state index in [2.05, 4.69) is 14.7 Å². The van der Waals surface area contributed by atoms with Crippen LogP contribution in [0.15, 0.2) is 22.5 Å². The lowest BCUT2D eigenvalue weighted by atomic mass is 10.5. The minimum atomic E-state index is -3.77. The van der Waals surface area contributed by atoms with E-state index in [0.29, 0.717) is 5.69 Å². The predicted octanol–water partition coefficient (Wildman–Crippen LogP) is 1.88. The second-order valence-electron chi connectivity index (χ2n) is 3.36. The summed E-state index contributed by atoms with van der Waals surface area (Å²) >= 11 is 6.73. The molecule has 0 fully saturated rings. The van der Waals surface area contributed by atoms with Gasteiger partial charge in [-0.2, -0.15) is 0 Å². The van der Waals surface area contributed by atoms with E-state index in [0.717, 1.165) is 11.3 Å². The second kappa shape index (κ2) is 4.71. The topological polar surface area (TPSA) is 98.0 Å². The molecule has 0 atom stereocenters. The molecular formula is C9H9ClN4O2S2. The largest absolute Gasteiger partial charge is 0.375 e. The third kappa shape index (κ3) is 2.55. The van der Waals surface area contributed by atoms with Gasteiger partial charge in [0.25, 0.3) is 10.0 Å². The van der Waals surface area contributed by atoms with Gasteiger partial charge in [-0.1, -0.05) is 22.9 Å². The van der Waals surface area contributed by atoms with Gasteiger partial charge in [-0.05, 0) is 19.1 Å². The van der Waals surface area contributed by atoms with Crippen LogP contribution in [0.4, 0.5) is 10.9 Å². The Balaban J connectivity index is 2.40. The molecule has 0 saturated heterocycles. The molecule has 2 rings (SSSR count). The normalized spacial score (nSPS) is 11.4. The number of thiazole rings is 1. The van der Waals surface area contributed by atoms with Gasteiger partial charge >= 0.3 is 0 Å². The van der Waals surface area contributed by atoms with Crippen molar-refractivity contribution in [1.82, 2.24) is 9.97 Å². The zero-order valence-corrected chi connectivity index (χ0v) is 11.6. The summed E-state index contributed by atoms with van der Waals surface area (Å²) < 4.78 is 26.5. The van der Waals surface area contributed by atoms with E-state index in [4.69, 9.17) is 17.3 Å². The maximum Gasteiger partial charge on any atom is 0.274 e. The van der Waals surface area contributed by atoms with Gasteiger partial charge in [0.1, 0.15) is 0 Å². The fourth-order valence-corrected chi connectivity index (χ4v) is 3.84. The smallest absolute Gasteiger partial charge is 0.274 e. The van der Waals surface area contributed by atoms with Crippen molar-refractivity contribution in [3.63, 3.8) is 0 Å². The van der Waals surface area contributed by atoms with E-state index in [-0.39, 0.29) is 20.2 Å². The van der Waals surface area contributed by atoms with Crippen molar-refractivity contribution in [2.45, 2.75) is 11.1 Å². The minimum absolute atomic E-state index is 0.0571. The molecule has 0 aromatic carbocycles. The summed E-state index contributed by atoms with van der Waals surface area (Å²) in [6.45, 7) is 1.57. The van der Waals surface area contributed by atoms with Gasteiger partial charge in [-0.15, -0.1) is 0 Å². The summed E-state index contributed by atoms with van der Waals surface area (Å²) in [7, 11) is -3.77. The first-order chi connectivity index (χ1) is 8.40. The molecule has 18 heavy (non-hydrogen) atoms. The second-order valence-corrected chi connectivity index (χ2v) is 6.68. The summed E-state index contributed by atoms with van der Waals surface area (Å²) in [5.41, 5.74) is 5.82. The quantitative estimate of drug-likeness (QED) is 0.902. The molecule has 0 aliphatic heterocycles. The summed E-state index contributed by atoms with van der Waals surface area (Å²) in [5.74, 6) is 0.0746. The molecule has 0 unspecified atom stereocenters. The predicted molar refractivity (Wildman–Crippen MR) is 71.3 cm³/mol. The van der Waals surface area contributed by atoms with E-state index in [1.807, 2.05) is 0 Å². The molecule has 2 aromatic rings. The lowest BCUT2D eigenvalue weighted by molar-refractivity contribution is 0.602. The number of nitrogens with zero attached hydrogens (tertiary/aromatic N) is 2. The Morgan fingerprint density at radius 1 is 1.50 bits per heavy atom. The number of nitrogens with one attached hydrogen (secondary N) is 1. The maximum atomic E-state index is 12.1. The average molecular weight is 305 g/mol. The van der Waals surface area contributed by atoms with Crippen molar-refractivity contribution in [2.24, 2.45) is 0 Å². The Kier molecular flexibility index (Phi) is 3.42. The highest BCUT2D eigenvalue weighted by molar-refractivity contribution is 7.94. The Morgan fingerprint density at radius 2 is 2.22 bits per heavy atom. The Hall–Kier alpha value is -1.38. The van der Waals surface area contributed by atoms with Crippen LogP contribution in [0.3, 0.4) is 0 Å². The first-order valence-corrected chi connectivity index (χ1v) is 7.44. The van der Waals surface area contributed by atoms with Crippen molar-refractivity contribution in [2.75, 3.05) is 10.5 Å². The zero-order valence-electron chi connectivity index (χ0n) is 9.21. The van der Waals surface area contributed by atoms with Gasteiger partial charge in [0, 0.05) is 6.20 Å². The molecule has 2 heterocycles. The summed E-state index contributed by atoms with van der Waals surface area (Å²) in [4.78, 5) is 7.72. The Bertz CT molecular complexity index is 684. The summed E-state index contributed by atoms with van der Waals surface area (Å²) in [6.07, 6.45) is 1.44. The van der Waals surface area contributed by atoms with Gasteiger partial charge < -0.3 is 5.73 Å². The standard InChI is InChI=1S/C9H9ClN4O2S2/c1-5-8(17-9(11)13-5)18(15,16)14-7-6(10)3-2-4-12-7/h2-4H,1H3,(H2,11,13)(H,12,14). The molecule has 0 radical (unpaired) electrons. The van der Waals surface area contributed by atoms with Gasteiger partial charge in [0.15, 0.2) is 15.2 Å². The van der Waals surface area contributed by atoms with E-state index >= 15 is 0 Å². The van der Waals surface area contributed by atoms with Crippen molar-refractivity contribution in [1.29, 1.82) is 0 Å². The van der Waals surface area contributed by atoms with Crippen molar-refractivity contribution >= 4 is 43.9 Å². The lowest BCUT2D eigenvalue weighted by Crippen LogP contribution is -2.14. The number of nitrogens with two attached hydrogens (primary N) is 1. The van der Waals surface area contributed by atoms with Crippen molar-refractivity contribution in [3.05, 3.63) is 29.0 Å². The van der Waals surface area contributed by atoms with Crippen LogP contribution < -0.4 is 10.5 Å². The van der Waals surface area contributed by atoms with Crippen LogP contribution in [0.1, 0.15) is 5.69 Å². The lowest BCUT2D eigenvalue weighted by Gasteiger charge is -2.06. The van der Waals surface area contributed by atoms with E-state index in [1.165, 1.54) is 6.20 Å². The van der Waals surface area contributed by atoms with Crippen LogP contribution in [0.5, 0.6) is 0 Å². The number of halogens is 1. The number of sulfonamides is 1. The van der Waals surface area contributed by atoms with Crippen molar-refractivity contribution in [3.8, 4) is 0 Å². The third-order valence-corrected chi connectivity index (χ3v) is 5.24. The maximum absolute atomic E-state index is 12.1. The van der Waals surface area contributed by atoms with Crippen molar-refractivity contribution < 1.29 is 8.42 Å². The first-order valence-electron chi connectivity index (χ1n) is 4.76. The highest BCUT2D eigenvalue weighted by atomic mass is 35.5. The summed E-state index contributed by atoms with van der Waals surface area (Å²) in [5, 5.41) is 0.413. The molecule has 2 aromatic heterocycles. The molecule has 0 amide bonds. The Morgan fingerprint density at radius 3 is 2.78 bits per heavy atom. The van der Waals surface area contributed by atoms with Gasteiger partial charge in [-0.3, -0.25) is 4.72 Å². The molecule has 3 N–H and O–H groups in total. The number of pyridine rings is 1. The highest BCUT2D eigenvalue weighted by Crippen LogP contribution is 2.28. The number of anilines is 2. The average Bonchev–Trinajstić information content (AvgIpc) is 2.62. The zero-order chi connectivity index (χ0) is 13.3. The number of hydrogen-bond acceptors (Lipinski definition) is 6. The molecule has 6 nitrogen and oxygen atoms in total. The fraction of sp³-hybridized carbons (Fsp3) is 0.111. The number of aryl methyl sites for hydroxylation is 1. The monoisotopic (exact) mass is 304 g/mol. The van der Waals surface area contributed by atoms with Gasteiger partial charge in [0.05, 0.1) is 10.7 Å². The third-order valence-electron chi connectivity index (χ3n) is 2.00. The summed E-state index contributed by atoms with van der Waals surface area (Å²) in [6, 6.07) is 3.15. The van der Waals surface area contributed by atoms with E-state index < -0.39 is 10.0 Å². The molecule has 0 aliphatic rings. The minimum Gasteiger partial charge on any atom is -0.375 e. The van der Waals surface area contributed by atoms with Crippen LogP contribution in [0.25, 0.3) is 0 Å². The van der Waals surface area contributed by atoms with Crippen LogP contribution in [0.2, 0.25) is 5.02 Å². The first kappa shape index (κ1) is 13.1. The highest BCUT2D eigenvalue weighted by Gasteiger charge is 2.22. The number of hydrogen-bond donors (Lipinski definition) is 2. The molecule has 9 heteroatoms. The van der Waals surface area contributed by atoms with Gasteiger partial charge in [0.2, 0.25) is 0 Å². The molecule has 0 spiro atoms. The molecule has 0 saturated carbocycles. The van der Waals surface area contributed by atoms with Crippen LogP contribution in [0, 0.1) is 6.92 Å². The SMILES string of the molecule is Cc1nc(N)sc1S(=O)(=O)Nc1ncccc1Cl. The molecule has 0 bridgehead atoms.